The van der Waals surface area contributed by atoms with E-state index in [0.717, 1.165) is 0 Å². The summed E-state index contributed by atoms with van der Waals surface area (Å²) < 4.78 is 0.587. The predicted molar refractivity (Wildman–Crippen MR) is 68.1 cm³/mol. The zero-order chi connectivity index (χ0) is 13.7. The van der Waals surface area contributed by atoms with Crippen molar-refractivity contribution < 1.29 is 9.90 Å². The topological polar surface area (TPSA) is 109 Å². The third-order valence-electron chi connectivity index (χ3n) is 2.04. The van der Waals surface area contributed by atoms with Gasteiger partial charge in [0.2, 0.25) is 5.71 Å². The van der Waals surface area contributed by atoms with Gasteiger partial charge in [0.05, 0.1) is 11.3 Å². The Hall–Kier alpha value is -2.38. The monoisotopic (exact) mass is 306 g/mol. The first kappa shape index (κ1) is 13.7. The summed E-state index contributed by atoms with van der Waals surface area (Å²) in [5.74, 6) is -1.06. The van der Waals surface area contributed by atoms with Crippen LogP contribution in [0, 0.1) is 29.6 Å². The number of rotatable bonds is 3. The van der Waals surface area contributed by atoms with Crippen LogP contribution in [0.25, 0.3) is 0 Å². The first-order valence-corrected chi connectivity index (χ1v) is 5.46. The number of carboxylic acid groups (broad SMARTS) is 1. The summed E-state index contributed by atoms with van der Waals surface area (Å²) in [6.07, 6.45) is 0. The first-order valence-electron chi connectivity index (χ1n) is 4.67. The molecule has 0 aliphatic carbocycles. The highest BCUT2D eigenvalue weighted by atomic mass is 79.9. The van der Waals surface area contributed by atoms with Crippen LogP contribution < -0.4 is 5.43 Å². The first-order chi connectivity index (χ1) is 8.49. The van der Waals surface area contributed by atoms with Crippen LogP contribution in [0.5, 0.6) is 0 Å². The van der Waals surface area contributed by atoms with Crippen molar-refractivity contribution >= 4 is 33.3 Å². The minimum atomic E-state index is -1.06. The Morgan fingerprint density at radius 1 is 1.44 bits per heavy atom. The molecular weight excluding hydrogens is 300 g/mol. The van der Waals surface area contributed by atoms with Crippen molar-refractivity contribution in [3.05, 3.63) is 27.7 Å². The normalized spacial score (nSPS) is 8.89. The summed E-state index contributed by atoms with van der Waals surface area (Å²) in [6, 6.07) is 6.15. The van der Waals surface area contributed by atoms with E-state index in [-0.39, 0.29) is 11.3 Å². The molecule has 1 rings (SSSR count). The molecule has 1 aromatic carbocycles. The van der Waals surface area contributed by atoms with Gasteiger partial charge in [0, 0.05) is 4.47 Å². The second-order valence-corrected chi connectivity index (χ2v) is 4.10. The molecule has 18 heavy (non-hydrogen) atoms. The van der Waals surface area contributed by atoms with Crippen molar-refractivity contribution in [2.75, 3.05) is 5.43 Å². The summed E-state index contributed by atoms with van der Waals surface area (Å²) >= 11 is 3.23. The van der Waals surface area contributed by atoms with Crippen LogP contribution in [0.1, 0.15) is 15.9 Å². The molecule has 7 heteroatoms. The van der Waals surface area contributed by atoms with Crippen molar-refractivity contribution in [1.29, 1.82) is 10.5 Å². The van der Waals surface area contributed by atoms with E-state index < -0.39 is 5.97 Å². The smallest absolute Gasteiger partial charge is 0.336 e. The SMILES string of the molecule is Cc1cc(Br)c(NN=C(C#N)C#N)cc1C(=O)O. The molecule has 0 fully saturated rings. The zero-order valence-corrected chi connectivity index (χ0v) is 10.8. The fraction of sp³-hybridized carbons (Fsp3) is 0.0909. The lowest BCUT2D eigenvalue weighted by molar-refractivity contribution is 0.0696. The van der Waals surface area contributed by atoms with E-state index in [0.29, 0.717) is 15.7 Å². The minimum Gasteiger partial charge on any atom is -0.478 e. The van der Waals surface area contributed by atoms with Gasteiger partial charge in [-0.2, -0.15) is 15.6 Å². The summed E-state index contributed by atoms with van der Waals surface area (Å²) in [4.78, 5) is 11.0. The Kier molecular flexibility index (Phi) is 4.41. The average molecular weight is 307 g/mol. The van der Waals surface area contributed by atoms with Crippen molar-refractivity contribution in [1.82, 2.24) is 0 Å². The van der Waals surface area contributed by atoms with Crippen LogP contribution in [-0.2, 0) is 0 Å². The highest BCUT2D eigenvalue weighted by Crippen LogP contribution is 2.26. The number of aryl methyl sites for hydroxylation is 1. The third kappa shape index (κ3) is 3.06. The Morgan fingerprint density at radius 2 is 2.06 bits per heavy atom. The molecule has 0 aliphatic rings. The molecular formula is C11H7BrN4O2. The van der Waals surface area contributed by atoms with Gasteiger partial charge in [-0.25, -0.2) is 4.79 Å². The van der Waals surface area contributed by atoms with E-state index in [1.807, 2.05) is 0 Å². The lowest BCUT2D eigenvalue weighted by atomic mass is 10.1. The highest BCUT2D eigenvalue weighted by Gasteiger charge is 2.11. The molecule has 0 amide bonds. The van der Waals surface area contributed by atoms with E-state index >= 15 is 0 Å². The van der Waals surface area contributed by atoms with Crippen LogP contribution in [0.4, 0.5) is 5.69 Å². The van der Waals surface area contributed by atoms with E-state index in [4.69, 9.17) is 15.6 Å². The van der Waals surface area contributed by atoms with E-state index in [2.05, 4.69) is 26.5 Å². The van der Waals surface area contributed by atoms with Gasteiger partial charge in [0.1, 0.15) is 12.1 Å². The molecule has 0 unspecified atom stereocenters. The molecule has 0 spiro atoms. The molecule has 0 bridgehead atoms. The van der Waals surface area contributed by atoms with Gasteiger partial charge in [0.15, 0.2) is 0 Å². The summed E-state index contributed by atoms with van der Waals surface area (Å²) in [7, 11) is 0. The van der Waals surface area contributed by atoms with Crippen molar-refractivity contribution in [2.24, 2.45) is 5.10 Å². The second kappa shape index (κ2) is 5.80. The quantitative estimate of drug-likeness (QED) is 0.657. The zero-order valence-electron chi connectivity index (χ0n) is 9.23. The molecule has 6 nitrogen and oxygen atoms in total. The predicted octanol–water partition coefficient (Wildman–Crippen LogP) is 2.27. The number of nitrogens with zero attached hydrogens (tertiary/aromatic N) is 3. The van der Waals surface area contributed by atoms with Gasteiger partial charge >= 0.3 is 5.97 Å². The largest absolute Gasteiger partial charge is 0.478 e. The molecule has 90 valence electrons. The number of aromatic carboxylic acids is 1. The molecule has 0 saturated heterocycles. The molecule has 1 aromatic rings. The molecule has 0 aromatic heterocycles. The minimum absolute atomic E-state index is 0.117. The summed E-state index contributed by atoms with van der Waals surface area (Å²) in [6.45, 7) is 1.66. The van der Waals surface area contributed by atoms with Crippen LogP contribution in [-0.4, -0.2) is 16.8 Å². The van der Waals surface area contributed by atoms with Gasteiger partial charge in [0.25, 0.3) is 0 Å². The number of anilines is 1. The van der Waals surface area contributed by atoms with Crippen LogP contribution in [0.3, 0.4) is 0 Å². The second-order valence-electron chi connectivity index (χ2n) is 3.25. The Labute approximate surface area is 111 Å². The van der Waals surface area contributed by atoms with Crippen molar-refractivity contribution in [3.8, 4) is 12.1 Å². The number of hydrogen-bond acceptors (Lipinski definition) is 5. The number of halogens is 1. The number of carbonyl (C=O) groups is 1. The highest BCUT2D eigenvalue weighted by molar-refractivity contribution is 9.10. The van der Waals surface area contributed by atoms with Crippen molar-refractivity contribution in [2.45, 2.75) is 6.92 Å². The fourth-order valence-corrected chi connectivity index (χ4v) is 1.73. The standard InChI is InChI=1S/C11H7BrN4O2/c1-6-2-9(12)10(3-8(6)11(17)18)16-15-7(4-13)5-14/h2-3,16H,1H3,(H,17,18). The Morgan fingerprint density at radius 3 is 2.56 bits per heavy atom. The molecule has 0 heterocycles. The van der Waals surface area contributed by atoms with E-state index in [1.54, 1.807) is 25.1 Å². The maximum Gasteiger partial charge on any atom is 0.336 e. The summed E-state index contributed by atoms with van der Waals surface area (Å²) in [5, 5.41) is 29.5. The maximum atomic E-state index is 11.0. The van der Waals surface area contributed by atoms with Crippen molar-refractivity contribution in [3.63, 3.8) is 0 Å². The molecule has 2 N–H and O–H groups in total. The number of nitrogens with one attached hydrogen (secondary N) is 1. The number of hydrazone groups is 1. The van der Waals surface area contributed by atoms with Crippen LogP contribution >= 0.6 is 15.9 Å². The lowest BCUT2D eigenvalue weighted by Gasteiger charge is -2.07. The van der Waals surface area contributed by atoms with E-state index in [9.17, 15) is 4.79 Å². The fourth-order valence-electron chi connectivity index (χ4n) is 1.18. The van der Waals surface area contributed by atoms with Gasteiger partial charge in [-0.3, -0.25) is 5.43 Å². The number of carboxylic acids is 1. The Balaban J connectivity index is 3.16. The lowest BCUT2D eigenvalue weighted by Crippen LogP contribution is -2.03. The third-order valence-corrected chi connectivity index (χ3v) is 2.70. The maximum absolute atomic E-state index is 11.0. The Bertz CT molecular complexity index is 595. The average Bonchev–Trinajstić information content (AvgIpc) is 2.32. The molecule has 0 atom stereocenters. The van der Waals surface area contributed by atoms with Gasteiger partial charge in [-0.05, 0) is 40.5 Å². The van der Waals surface area contributed by atoms with Gasteiger partial charge in [-0.15, -0.1) is 0 Å². The van der Waals surface area contributed by atoms with Crippen LogP contribution in [0.15, 0.2) is 21.7 Å². The number of hydrogen-bond donors (Lipinski definition) is 2. The molecule has 0 radical (unpaired) electrons. The number of nitriles is 2. The molecule has 0 aliphatic heterocycles. The van der Waals surface area contributed by atoms with Gasteiger partial charge < -0.3 is 5.11 Å². The van der Waals surface area contributed by atoms with E-state index in [1.165, 1.54) is 6.07 Å². The number of benzene rings is 1. The van der Waals surface area contributed by atoms with Crippen LogP contribution in [0.2, 0.25) is 0 Å². The summed E-state index contributed by atoms with van der Waals surface area (Å²) in [5.41, 5.74) is 3.19. The van der Waals surface area contributed by atoms with Gasteiger partial charge in [-0.1, -0.05) is 0 Å². The molecule has 0 saturated carbocycles.